The normalized spacial score (nSPS) is 20.9. The molecule has 1 saturated heterocycles. The summed E-state index contributed by atoms with van der Waals surface area (Å²) in [6.45, 7) is -0.105. The Morgan fingerprint density at radius 2 is 1.68 bits per heavy atom. The number of ether oxygens (including phenoxy) is 1. The molecule has 136 valence electrons. The van der Waals surface area contributed by atoms with E-state index in [2.05, 4.69) is 15.3 Å². The average Bonchev–Trinajstić information content (AvgIpc) is 2.92. The molecule has 1 fully saturated rings. The van der Waals surface area contributed by atoms with Gasteiger partial charge in [-0.2, -0.15) is 26.3 Å². The smallest absolute Gasteiger partial charge is 0.379 e. The first-order valence-corrected chi connectivity index (χ1v) is 6.74. The van der Waals surface area contributed by atoms with Crippen molar-refractivity contribution in [3.63, 3.8) is 0 Å². The maximum atomic E-state index is 12.8. The summed E-state index contributed by atoms with van der Waals surface area (Å²) in [5.74, 6) is -1.16. The summed E-state index contributed by atoms with van der Waals surface area (Å²) in [6, 6.07) is -1.08. The number of alkyl halides is 6. The monoisotopic (exact) mass is 368 g/mol. The fourth-order valence-electron chi connectivity index (χ4n) is 2.20. The lowest BCUT2D eigenvalue weighted by Gasteiger charge is -2.17. The maximum absolute atomic E-state index is 12.8. The topological polar surface area (TPSA) is 87.1 Å². The number of amides is 1. The van der Waals surface area contributed by atoms with E-state index in [0.717, 1.165) is 0 Å². The third-order valence-electron chi connectivity index (χ3n) is 3.42. The molecule has 0 aliphatic carbocycles. The maximum Gasteiger partial charge on any atom is 0.416 e. The van der Waals surface area contributed by atoms with Crippen LogP contribution in [-0.2, 0) is 17.1 Å². The third kappa shape index (κ3) is 4.54. The van der Waals surface area contributed by atoms with Gasteiger partial charge in [0, 0.05) is 10.5 Å². The number of hydrogen-bond donors (Lipinski definition) is 1. The van der Waals surface area contributed by atoms with Gasteiger partial charge in [-0.05, 0) is 23.7 Å². The summed E-state index contributed by atoms with van der Waals surface area (Å²) < 4.78 is 81.7. The Morgan fingerprint density at radius 1 is 1.12 bits per heavy atom. The standard InChI is InChI=1S/C13H10F6N4O2/c14-12(15,16)7-1-6(2-8(3-7)13(17,18)19)11(24)21-9-4-25-5-10(9)22-23-20/h1-3,9-10H,4-5H2,(H,21,24). The first-order chi connectivity index (χ1) is 11.5. The fourth-order valence-corrected chi connectivity index (χ4v) is 2.20. The molecule has 0 saturated carbocycles. The Kier molecular flexibility index (Phi) is 5.14. The predicted molar refractivity (Wildman–Crippen MR) is 71.5 cm³/mol. The van der Waals surface area contributed by atoms with Gasteiger partial charge in [-0.25, -0.2) is 0 Å². The van der Waals surface area contributed by atoms with Gasteiger partial charge in [0.15, 0.2) is 0 Å². The summed E-state index contributed by atoms with van der Waals surface area (Å²) in [7, 11) is 0. The minimum atomic E-state index is -5.06. The summed E-state index contributed by atoms with van der Waals surface area (Å²) in [5, 5.41) is 5.57. The Labute approximate surface area is 136 Å². The summed E-state index contributed by atoms with van der Waals surface area (Å²) in [4.78, 5) is 14.6. The highest BCUT2D eigenvalue weighted by molar-refractivity contribution is 5.95. The van der Waals surface area contributed by atoms with E-state index in [-0.39, 0.29) is 19.3 Å². The molecule has 0 aromatic heterocycles. The van der Waals surface area contributed by atoms with Crippen molar-refractivity contribution in [1.29, 1.82) is 0 Å². The Hall–Kier alpha value is -2.46. The van der Waals surface area contributed by atoms with Crippen molar-refractivity contribution in [1.82, 2.24) is 5.32 Å². The van der Waals surface area contributed by atoms with E-state index in [9.17, 15) is 31.1 Å². The highest BCUT2D eigenvalue weighted by Crippen LogP contribution is 2.36. The lowest BCUT2D eigenvalue weighted by atomic mass is 10.0. The molecule has 1 aromatic rings. The van der Waals surface area contributed by atoms with Crippen molar-refractivity contribution in [2.24, 2.45) is 5.11 Å². The first kappa shape index (κ1) is 18.9. The van der Waals surface area contributed by atoms with E-state index in [1.807, 2.05) is 0 Å². The minimum Gasteiger partial charge on any atom is -0.379 e. The molecule has 2 atom stereocenters. The van der Waals surface area contributed by atoms with Crippen LogP contribution in [0.2, 0.25) is 0 Å². The predicted octanol–water partition coefficient (Wildman–Crippen LogP) is 3.53. The van der Waals surface area contributed by atoms with Crippen LogP contribution in [0.15, 0.2) is 23.3 Å². The lowest BCUT2D eigenvalue weighted by molar-refractivity contribution is -0.143. The van der Waals surface area contributed by atoms with Crippen molar-refractivity contribution in [3.05, 3.63) is 45.3 Å². The number of carbonyl (C=O) groups is 1. The highest BCUT2D eigenvalue weighted by atomic mass is 19.4. The van der Waals surface area contributed by atoms with Crippen LogP contribution in [0.4, 0.5) is 26.3 Å². The zero-order valence-electron chi connectivity index (χ0n) is 12.2. The van der Waals surface area contributed by atoms with Gasteiger partial charge in [0.25, 0.3) is 5.91 Å². The fraction of sp³-hybridized carbons (Fsp3) is 0.462. The van der Waals surface area contributed by atoms with E-state index < -0.39 is 47.0 Å². The molecular weight excluding hydrogens is 358 g/mol. The molecule has 0 radical (unpaired) electrons. The summed E-state index contributed by atoms with van der Waals surface area (Å²) in [5.41, 5.74) is 4.38. The zero-order valence-corrected chi connectivity index (χ0v) is 12.2. The Balaban J connectivity index is 2.34. The molecule has 12 heteroatoms. The molecule has 0 spiro atoms. The van der Waals surface area contributed by atoms with E-state index in [0.29, 0.717) is 12.1 Å². The molecule has 1 N–H and O–H groups in total. The van der Waals surface area contributed by atoms with Crippen LogP contribution in [0.5, 0.6) is 0 Å². The van der Waals surface area contributed by atoms with Crippen LogP contribution in [0.25, 0.3) is 10.4 Å². The van der Waals surface area contributed by atoms with Gasteiger partial charge in [-0.15, -0.1) is 0 Å². The molecule has 1 heterocycles. The van der Waals surface area contributed by atoms with Crippen LogP contribution in [-0.4, -0.2) is 31.2 Å². The first-order valence-electron chi connectivity index (χ1n) is 6.74. The molecule has 1 aliphatic rings. The van der Waals surface area contributed by atoms with Crippen LogP contribution in [0.3, 0.4) is 0 Å². The number of halogens is 6. The number of rotatable bonds is 3. The van der Waals surface area contributed by atoms with Gasteiger partial charge in [-0.1, -0.05) is 5.11 Å². The van der Waals surface area contributed by atoms with Gasteiger partial charge in [0.1, 0.15) is 0 Å². The number of carbonyl (C=O) groups excluding carboxylic acids is 1. The summed E-state index contributed by atoms with van der Waals surface area (Å²) in [6.07, 6.45) is -10.1. The molecule has 6 nitrogen and oxygen atoms in total. The SMILES string of the molecule is [N-]=[N+]=NC1COCC1NC(=O)c1cc(C(F)(F)F)cc(C(F)(F)F)c1. The second kappa shape index (κ2) is 6.81. The van der Waals surface area contributed by atoms with Crippen LogP contribution < -0.4 is 5.32 Å². The molecule has 1 aromatic carbocycles. The van der Waals surface area contributed by atoms with Crippen LogP contribution in [0, 0.1) is 0 Å². The second-order valence-corrected chi connectivity index (χ2v) is 5.18. The van der Waals surface area contributed by atoms with Gasteiger partial charge in [0.2, 0.25) is 0 Å². The van der Waals surface area contributed by atoms with Crippen molar-refractivity contribution < 1.29 is 35.9 Å². The third-order valence-corrected chi connectivity index (χ3v) is 3.42. The molecule has 25 heavy (non-hydrogen) atoms. The van der Waals surface area contributed by atoms with Gasteiger partial charge < -0.3 is 10.1 Å². The van der Waals surface area contributed by atoms with Crippen molar-refractivity contribution >= 4 is 5.91 Å². The van der Waals surface area contributed by atoms with Gasteiger partial charge in [-0.3, -0.25) is 4.79 Å². The quantitative estimate of drug-likeness (QED) is 0.383. The van der Waals surface area contributed by atoms with E-state index in [1.54, 1.807) is 0 Å². The van der Waals surface area contributed by atoms with Gasteiger partial charge >= 0.3 is 12.4 Å². The summed E-state index contributed by atoms with van der Waals surface area (Å²) >= 11 is 0. The van der Waals surface area contributed by atoms with E-state index >= 15 is 0 Å². The molecule has 2 rings (SSSR count). The number of nitrogens with one attached hydrogen (secondary N) is 1. The van der Waals surface area contributed by atoms with Crippen LogP contribution in [0.1, 0.15) is 21.5 Å². The zero-order chi connectivity index (χ0) is 18.8. The van der Waals surface area contributed by atoms with Crippen molar-refractivity contribution in [2.45, 2.75) is 24.4 Å². The van der Waals surface area contributed by atoms with Crippen molar-refractivity contribution in [2.75, 3.05) is 13.2 Å². The Morgan fingerprint density at radius 3 is 2.16 bits per heavy atom. The highest BCUT2D eigenvalue weighted by Gasteiger charge is 2.38. The largest absolute Gasteiger partial charge is 0.416 e. The Bertz CT molecular complexity index is 679. The number of hydrogen-bond acceptors (Lipinski definition) is 3. The lowest BCUT2D eigenvalue weighted by Crippen LogP contribution is -2.41. The number of azide groups is 1. The number of nitrogens with zero attached hydrogens (tertiary/aromatic N) is 3. The van der Waals surface area contributed by atoms with Crippen LogP contribution >= 0.6 is 0 Å². The van der Waals surface area contributed by atoms with E-state index in [4.69, 9.17) is 10.3 Å². The second-order valence-electron chi connectivity index (χ2n) is 5.18. The minimum absolute atomic E-state index is 0.0224. The van der Waals surface area contributed by atoms with E-state index in [1.165, 1.54) is 0 Å². The molecule has 2 unspecified atom stereocenters. The molecule has 1 amide bonds. The molecule has 0 bridgehead atoms. The number of benzene rings is 1. The average molecular weight is 368 g/mol. The van der Waals surface area contributed by atoms with Crippen molar-refractivity contribution in [3.8, 4) is 0 Å². The van der Waals surface area contributed by atoms with Gasteiger partial charge in [0.05, 0.1) is 36.4 Å². The molecular formula is C13H10F6N4O2. The molecule has 1 aliphatic heterocycles.